The van der Waals surface area contributed by atoms with Crippen molar-refractivity contribution in [1.82, 2.24) is 4.72 Å². The molecule has 0 aliphatic rings. The lowest BCUT2D eigenvalue weighted by Crippen LogP contribution is -2.38. The van der Waals surface area contributed by atoms with Crippen molar-refractivity contribution in [2.45, 2.75) is 52.1 Å². The molecular formula is C10H24NO4PS. The monoisotopic (exact) mass is 285 g/mol. The molecule has 0 spiro atoms. The third-order valence-corrected chi connectivity index (χ3v) is 6.09. The molecule has 0 aromatic heterocycles. The van der Waals surface area contributed by atoms with Crippen LogP contribution in [0, 0.1) is 0 Å². The quantitative estimate of drug-likeness (QED) is 0.730. The number of hydrogen-bond donors (Lipinski definition) is 1. The van der Waals surface area contributed by atoms with E-state index in [-0.39, 0.29) is 0 Å². The van der Waals surface area contributed by atoms with Crippen molar-refractivity contribution in [3.8, 4) is 0 Å². The molecule has 0 saturated carbocycles. The summed E-state index contributed by atoms with van der Waals surface area (Å²) >= 11 is 0. The zero-order valence-electron chi connectivity index (χ0n) is 11.5. The van der Waals surface area contributed by atoms with Gasteiger partial charge in [0.05, 0.1) is 28.9 Å². The highest BCUT2D eigenvalue weighted by atomic mass is 32.2. The second-order valence-electron chi connectivity index (χ2n) is 4.55. The Morgan fingerprint density at radius 1 is 1.24 bits per heavy atom. The van der Waals surface area contributed by atoms with Crippen molar-refractivity contribution in [3.63, 3.8) is 0 Å². The fraction of sp³-hybridized carbons (Fsp3) is 1.00. The van der Waals surface area contributed by atoms with Crippen LogP contribution in [0.15, 0.2) is 0 Å². The molecule has 5 nitrogen and oxygen atoms in total. The SMILES string of the molecule is CCOP(=O)(OCC)[C@H](C)NS(=O)C(C)(C)C. The Bertz CT molecular complexity index is 293. The molecule has 0 aliphatic heterocycles. The van der Waals surface area contributed by atoms with Gasteiger partial charge in [-0.1, -0.05) is 0 Å². The molecule has 0 rings (SSSR count). The Labute approximate surface area is 107 Å². The number of rotatable bonds is 7. The minimum atomic E-state index is -3.24. The first-order valence-electron chi connectivity index (χ1n) is 5.74. The molecule has 0 aromatic rings. The largest absolute Gasteiger partial charge is 0.348 e. The standard InChI is InChI=1S/C10H24NO4PS/c1-7-14-16(12,15-8-2)9(3)11-17(13)10(4,5)6/h9,11H,7-8H2,1-6H3/t9-,17?/m1/s1. The normalized spacial score (nSPS) is 16.8. The summed E-state index contributed by atoms with van der Waals surface area (Å²) in [6.07, 6.45) is 0. The zero-order chi connectivity index (χ0) is 13.7. The molecule has 104 valence electrons. The van der Waals surface area contributed by atoms with Gasteiger partial charge in [-0.2, -0.15) is 0 Å². The second-order valence-corrected chi connectivity index (χ2v) is 8.92. The van der Waals surface area contributed by atoms with Crippen LogP contribution < -0.4 is 4.72 Å². The van der Waals surface area contributed by atoms with Gasteiger partial charge in [-0.3, -0.25) is 4.57 Å². The van der Waals surface area contributed by atoms with Crippen molar-refractivity contribution in [1.29, 1.82) is 0 Å². The molecule has 1 unspecified atom stereocenters. The summed E-state index contributed by atoms with van der Waals surface area (Å²) in [6.45, 7) is 11.3. The Morgan fingerprint density at radius 3 is 1.94 bits per heavy atom. The van der Waals surface area contributed by atoms with E-state index in [1.54, 1.807) is 20.8 Å². The Kier molecular flexibility index (Phi) is 7.11. The van der Waals surface area contributed by atoms with E-state index in [0.717, 1.165) is 0 Å². The lowest BCUT2D eigenvalue weighted by Gasteiger charge is -2.26. The van der Waals surface area contributed by atoms with Crippen LogP contribution in [0.2, 0.25) is 0 Å². The van der Waals surface area contributed by atoms with Gasteiger partial charge in [0, 0.05) is 0 Å². The van der Waals surface area contributed by atoms with Crippen LogP contribution in [0.5, 0.6) is 0 Å². The molecule has 0 aliphatic carbocycles. The molecule has 17 heavy (non-hydrogen) atoms. The highest BCUT2D eigenvalue weighted by Gasteiger charge is 2.34. The van der Waals surface area contributed by atoms with Gasteiger partial charge in [0.2, 0.25) is 0 Å². The van der Waals surface area contributed by atoms with Crippen molar-refractivity contribution >= 4 is 18.6 Å². The third-order valence-electron chi connectivity index (χ3n) is 1.93. The summed E-state index contributed by atoms with van der Waals surface area (Å²) in [5, 5.41) is 0. The number of hydrogen-bond acceptors (Lipinski definition) is 4. The highest BCUT2D eigenvalue weighted by Crippen LogP contribution is 2.51. The maximum Gasteiger partial charge on any atom is 0.348 e. The van der Waals surface area contributed by atoms with Gasteiger partial charge in [0.25, 0.3) is 0 Å². The highest BCUT2D eigenvalue weighted by molar-refractivity contribution is 7.84. The molecule has 1 N–H and O–H groups in total. The molecule has 7 heteroatoms. The lowest BCUT2D eigenvalue weighted by atomic mass is 10.3. The second kappa shape index (κ2) is 7.00. The number of nitrogens with one attached hydrogen (secondary N) is 1. The molecule has 0 saturated heterocycles. The fourth-order valence-corrected chi connectivity index (χ4v) is 3.73. The Morgan fingerprint density at radius 2 is 1.65 bits per heavy atom. The molecule has 0 radical (unpaired) electrons. The summed E-state index contributed by atoms with van der Waals surface area (Å²) in [7, 11) is -4.54. The fourth-order valence-electron chi connectivity index (χ4n) is 1.02. The zero-order valence-corrected chi connectivity index (χ0v) is 13.2. The van der Waals surface area contributed by atoms with Crippen LogP contribution in [-0.2, 0) is 24.6 Å². The average molecular weight is 285 g/mol. The van der Waals surface area contributed by atoms with Crippen molar-refractivity contribution in [3.05, 3.63) is 0 Å². The summed E-state index contributed by atoms with van der Waals surface area (Å²) in [5.74, 6) is -0.595. The molecule has 0 amide bonds. The lowest BCUT2D eigenvalue weighted by molar-refractivity contribution is 0.212. The van der Waals surface area contributed by atoms with Gasteiger partial charge in [0.15, 0.2) is 0 Å². The van der Waals surface area contributed by atoms with Gasteiger partial charge in [-0.05, 0) is 41.5 Å². The maximum absolute atomic E-state index is 12.3. The summed E-state index contributed by atoms with van der Waals surface area (Å²) in [5.41, 5.74) is 0. The van der Waals surface area contributed by atoms with Gasteiger partial charge in [-0.15, -0.1) is 0 Å². The third kappa shape index (κ3) is 5.62. The predicted molar refractivity (Wildman–Crippen MR) is 71.4 cm³/mol. The van der Waals surface area contributed by atoms with E-state index in [1.165, 1.54) is 0 Å². The van der Waals surface area contributed by atoms with E-state index in [1.807, 2.05) is 20.8 Å². The minimum absolute atomic E-state index is 0.297. The molecule has 0 heterocycles. The van der Waals surface area contributed by atoms with E-state index in [9.17, 15) is 8.77 Å². The first-order valence-corrected chi connectivity index (χ1v) is 8.50. The first-order chi connectivity index (χ1) is 7.67. The van der Waals surface area contributed by atoms with E-state index >= 15 is 0 Å². The Balaban J connectivity index is 4.70. The van der Waals surface area contributed by atoms with Crippen molar-refractivity contribution < 1.29 is 17.8 Å². The average Bonchev–Trinajstić information content (AvgIpc) is 2.16. The molecule has 2 atom stereocenters. The van der Waals surface area contributed by atoms with Crippen LogP contribution in [-0.4, -0.2) is 28.0 Å². The molecule has 0 fully saturated rings. The summed E-state index contributed by atoms with van der Waals surface area (Å²) in [6, 6.07) is 0. The topological polar surface area (TPSA) is 64.6 Å². The van der Waals surface area contributed by atoms with E-state index in [0.29, 0.717) is 13.2 Å². The van der Waals surface area contributed by atoms with E-state index in [2.05, 4.69) is 4.72 Å². The van der Waals surface area contributed by atoms with Crippen LogP contribution >= 0.6 is 7.60 Å². The first kappa shape index (κ1) is 17.3. The van der Waals surface area contributed by atoms with Crippen molar-refractivity contribution in [2.24, 2.45) is 0 Å². The van der Waals surface area contributed by atoms with Gasteiger partial charge in [0.1, 0.15) is 5.78 Å². The predicted octanol–water partition coefficient (Wildman–Crippen LogP) is 2.65. The van der Waals surface area contributed by atoms with Crippen LogP contribution in [0.25, 0.3) is 0 Å². The summed E-state index contributed by atoms with van der Waals surface area (Å²) in [4.78, 5) is 0. The van der Waals surface area contributed by atoms with Crippen molar-refractivity contribution in [2.75, 3.05) is 13.2 Å². The molecule has 0 aromatic carbocycles. The molecule has 0 bridgehead atoms. The molecular weight excluding hydrogens is 261 g/mol. The minimum Gasteiger partial charge on any atom is -0.308 e. The van der Waals surface area contributed by atoms with E-state index in [4.69, 9.17) is 9.05 Å². The van der Waals surface area contributed by atoms with Gasteiger partial charge < -0.3 is 9.05 Å². The van der Waals surface area contributed by atoms with Crippen LogP contribution in [0.1, 0.15) is 41.5 Å². The van der Waals surface area contributed by atoms with E-state index < -0.39 is 29.1 Å². The van der Waals surface area contributed by atoms with Gasteiger partial charge in [-0.25, -0.2) is 8.93 Å². The van der Waals surface area contributed by atoms with Crippen LogP contribution in [0.3, 0.4) is 0 Å². The van der Waals surface area contributed by atoms with Gasteiger partial charge >= 0.3 is 7.60 Å². The smallest absolute Gasteiger partial charge is 0.308 e. The Hall–Kier alpha value is 0.260. The van der Waals surface area contributed by atoms with Crippen LogP contribution in [0.4, 0.5) is 0 Å². The summed E-state index contributed by atoms with van der Waals surface area (Å²) < 4.78 is 37.0. The maximum atomic E-state index is 12.3.